The summed E-state index contributed by atoms with van der Waals surface area (Å²) in [5.74, 6) is -1.01. The Bertz CT molecular complexity index is 1110. The van der Waals surface area contributed by atoms with Crippen LogP contribution in [0.1, 0.15) is 11.1 Å². The fourth-order valence-corrected chi connectivity index (χ4v) is 2.70. The highest BCUT2D eigenvalue weighted by atomic mass is 35.5. The second-order valence-corrected chi connectivity index (χ2v) is 6.42. The van der Waals surface area contributed by atoms with E-state index in [9.17, 15) is 22.8 Å². The van der Waals surface area contributed by atoms with E-state index < -0.39 is 29.7 Å². The van der Waals surface area contributed by atoms with Gasteiger partial charge in [0, 0.05) is 16.1 Å². The van der Waals surface area contributed by atoms with Crippen molar-refractivity contribution >= 4 is 29.4 Å². The molecule has 0 radical (unpaired) electrons. The summed E-state index contributed by atoms with van der Waals surface area (Å²) in [7, 11) is 0. The fourth-order valence-electron chi connectivity index (χ4n) is 2.42. The summed E-state index contributed by atoms with van der Waals surface area (Å²) in [6.07, 6.45) is -5.56. The molecule has 0 atom stereocenters. The number of halogens is 5. The highest BCUT2D eigenvalue weighted by Gasteiger charge is 2.30. The molecular formula is C18H11Cl2F3N2O5. The molecule has 0 spiro atoms. The Hall–Kier alpha value is -2.98. The molecule has 12 heteroatoms. The van der Waals surface area contributed by atoms with Crippen molar-refractivity contribution < 1.29 is 31.9 Å². The van der Waals surface area contributed by atoms with Crippen LogP contribution in [0, 0.1) is 0 Å². The maximum atomic E-state index is 12.7. The van der Waals surface area contributed by atoms with Crippen molar-refractivity contribution in [3.05, 3.63) is 69.2 Å². The van der Waals surface area contributed by atoms with Crippen LogP contribution in [0.2, 0.25) is 5.02 Å². The summed E-state index contributed by atoms with van der Waals surface area (Å²) in [4.78, 5) is 23.6. The zero-order chi connectivity index (χ0) is 21.9. The molecule has 0 bridgehead atoms. The van der Waals surface area contributed by atoms with Crippen molar-refractivity contribution in [1.82, 2.24) is 9.78 Å². The monoisotopic (exact) mass is 462 g/mol. The Morgan fingerprint density at radius 3 is 2.50 bits per heavy atom. The molecule has 0 aliphatic carbocycles. The number of carbonyl (C=O) groups excluding carboxylic acids is 1. The van der Waals surface area contributed by atoms with Gasteiger partial charge < -0.3 is 13.9 Å². The first kappa shape index (κ1) is 21.7. The van der Waals surface area contributed by atoms with Crippen molar-refractivity contribution in [1.29, 1.82) is 0 Å². The third-order valence-electron chi connectivity index (χ3n) is 3.77. The lowest BCUT2D eigenvalue weighted by Gasteiger charge is -2.09. The average Bonchev–Trinajstić information content (AvgIpc) is 3.04. The Labute approximate surface area is 176 Å². The normalized spacial score (nSPS) is 11.4. The zero-order valence-corrected chi connectivity index (χ0v) is 16.3. The molecule has 158 valence electrons. The average molecular weight is 463 g/mol. The van der Waals surface area contributed by atoms with E-state index in [4.69, 9.17) is 32.4 Å². The number of hydrogen-bond acceptors (Lipinski definition) is 6. The summed E-state index contributed by atoms with van der Waals surface area (Å²) in [6.45, 7) is -0.201. The van der Waals surface area contributed by atoms with Gasteiger partial charge in [0.05, 0.1) is 12.1 Å². The summed E-state index contributed by atoms with van der Waals surface area (Å²) in [5, 5.41) is 4.27. The molecule has 30 heavy (non-hydrogen) atoms. The highest BCUT2D eigenvalue weighted by Crippen LogP contribution is 2.30. The maximum absolute atomic E-state index is 12.7. The molecule has 0 aliphatic heterocycles. The molecule has 3 aromatic rings. The van der Waals surface area contributed by atoms with Gasteiger partial charge in [0.25, 0.3) is 0 Å². The first-order chi connectivity index (χ1) is 14.2. The van der Waals surface area contributed by atoms with Crippen molar-refractivity contribution in [3.8, 4) is 17.2 Å². The van der Waals surface area contributed by atoms with Crippen LogP contribution in [0.25, 0.3) is 11.5 Å². The minimum atomic E-state index is -4.49. The van der Waals surface area contributed by atoms with Gasteiger partial charge in [-0.2, -0.15) is 17.9 Å². The maximum Gasteiger partial charge on any atom is 0.515 e. The van der Waals surface area contributed by atoms with Gasteiger partial charge in [-0.3, -0.25) is 0 Å². The Morgan fingerprint density at radius 1 is 1.17 bits per heavy atom. The Morgan fingerprint density at radius 2 is 1.87 bits per heavy atom. The molecule has 0 saturated heterocycles. The Kier molecular flexibility index (Phi) is 6.37. The number of carbonyl (C=O) groups is 1. The van der Waals surface area contributed by atoms with Gasteiger partial charge in [-0.25, -0.2) is 9.59 Å². The SMILES string of the molecule is O=C(OCCl)Oc1ccc(Cl)cc1Cn1nc(-c2ccc(C(F)(F)F)cc2)oc1=O. The molecular weight excluding hydrogens is 452 g/mol. The number of rotatable bonds is 5. The smallest absolute Gasteiger partial charge is 0.418 e. The predicted octanol–water partition coefficient (Wildman–Crippen LogP) is 4.94. The van der Waals surface area contributed by atoms with Crippen LogP contribution in [0.15, 0.2) is 51.7 Å². The second-order valence-electron chi connectivity index (χ2n) is 5.76. The third kappa shape index (κ3) is 5.14. The molecule has 0 saturated carbocycles. The number of aromatic nitrogens is 2. The van der Waals surface area contributed by atoms with E-state index in [-0.39, 0.29) is 23.7 Å². The van der Waals surface area contributed by atoms with E-state index in [1.54, 1.807) is 0 Å². The largest absolute Gasteiger partial charge is 0.515 e. The summed E-state index contributed by atoms with van der Waals surface area (Å²) >= 11 is 11.3. The van der Waals surface area contributed by atoms with E-state index in [1.807, 2.05) is 0 Å². The molecule has 0 aliphatic rings. The zero-order valence-electron chi connectivity index (χ0n) is 14.8. The van der Waals surface area contributed by atoms with Gasteiger partial charge in [0.1, 0.15) is 5.75 Å². The lowest BCUT2D eigenvalue weighted by atomic mass is 10.1. The molecule has 0 unspecified atom stereocenters. The van der Waals surface area contributed by atoms with Crippen LogP contribution in [0.4, 0.5) is 18.0 Å². The lowest BCUT2D eigenvalue weighted by molar-refractivity contribution is -0.137. The van der Waals surface area contributed by atoms with Gasteiger partial charge in [0.2, 0.25) is 5.89 Å². The van der Waals surface area contributed by atoms with E-state index in [0.29, 0.717) is 10.6 Å². The second kappa shape index (κ2) is 8.80. The van der Waals surface area contributed by atoms with E-state index >= 15 is 0 Å². The third-order valence-corrected chi connectivity index (χ3v) is 4.12. The molecule has 2 aromatic carbocycles. The van der Waals surface area contributed by atoms with Crippen molar-refractivity contribution in [2.75, 3.05) is 6.07 Å². The molecule has 1 heterocycles. The van der Waals surface area contributed by atoms with Crippen LogP contribution >= 0.6 is 23.2 Å². The van der Waals surface area contributed by atoms with Crippen LogP contribution in [0.5, 0.6) is 5.75 Å². The van der Waals surface area contributed by atoms with Gasteiger partial charge in [-0.15, -0.1) is 5.10 Å². The molecule has 3 rings (SSSR count). The fraction of sp³-hybridized carbons (Fsp3) is 0.167. The first-order valence-electron chi connectivity index (χ1n) is 8.12. The van der Waals surface area contributed by atoms with Crippen molar-refractivity contribution in [2.24, 2.45) is 0 Å². The number of ether oxygens (including phenoxy) is 2. The van der Waals surface area contributed by atoms with Crippen LogP contribution < -0.4 is 10.5 Å². The van der Waals surface area contributed by atoms with Gasteiger partial charge >= 0.3 is 18.1 Å². The van der Waals surface area contributed by atoms with Gasteiger partial charge in [-0.1, -0.05) is 23.2 Å². The number of hydrogen-bond donors (Lipinski definition) is 0. The van der Waals surface area contributed by atoms with Crippen LogP contribution in [-0.4, -0.2) is 22.0 Å². The predicted molar refractivity (Wildman–Crippen MR) is 99.6 cm³/mol. The molecule has 0 amide bonds. The van der Waals surface area contributed by atoms with E-state index in [1.165, 1.54) is 18.2 Å². The summed E-state index contributed by atoms with van der Waals surface area (Å²) in [5.41, 5.74) is -0.381. The van der Waals surface area contributed by atoms with E-state index in [2.05, 4.69) is 9.84 Å². The van der Waals surface area contributed by atoms with Gasteiger partial charge in [0.15, 0.2) is 6.07 Å². The van der Waals surface area contributed by atoms with Crippen LogP contribution in [0.3, 0.4) is 0 Å². The molecule has 0 fully saturated rings. The standard InChI is InChI=1S/C18H11Cl2F3N2O5/c19-9-28-17(27)29-14-6-5-13(20)7-11(14)8-25-16(26)30-15(24-25)10-1-3-12(4-2-10)18(21,22)23/h1-7H,8-9H2. The topological polar surface area (TPSA) is 83.6 Å². The molecule has 1 aromatic heterocycles. The number of alkyl halides is 4. The minimum Gasteiger partial charge on any atom is -0.418 e. The van der Waals surface area contributed by atoms with Crippen LogP contribution in [-0.2, 0) is 17.5 Å². The molecule has 7 nitrogen and oxygen atoms in total. The first-order valence-corrected chi connectivity index (χ1v) is 9.03. The lowest BCUT2D eigenvalue weighted by Crippen LogP contribution is -2.18. The Balaban J connectivity index is 1.87. The van der Waals surface area contributed by atoms with E-state index in [0.717, 1.165) is 28.9 Å². The quantitative estimate of drug-likeness (QED) is 0.303. The van der Waals surface area contributed by atoms with Crippen molar-refractivity contribution in [2.45, 2.75) is 12.7 Å². The molecule has 0 N–H and O–H groups in total. The number of benzene rings is 2. The highest BCUT2D eigenvalue weighted by molar-refractivity contribution is 6.30. The van der Waals surface area contributed by atoms with Gasteiger partial charge in [-0.05, 0) is 42.5 Å². The minimum absolute atomic E-state index is 0.0421. The summed E-state index contributed by atoms with van der Waals surface area (Å²) < 4.78 is 53.5. The van der Waals surface area contributed by atoms with Crippen molar-refractivity contribution in [3.63, 3.8) is 0 Å². The number of nitrogens with zero attached hydrogens (tertiary/aromatic N) is 2. The summed E-state index contributed by atoms with van der Waals surface area (Å²) in [6, 6.07) is 7.82.